The summed E-state index contributed by atoms with van der Waals surface area (Å²) >= 11 is 3.59. The molecule has 1 aromatic carbocycles. The molecule has 1 heterocycles. The molecule has 1 aliphatic heterocycles. The van der Waals surface area contributed by atoms with Gasteiger partial charge in [-0.15, -0.1) is 0 Å². The Morgan fingerprint density at radius 1 is 1.50 bits per heavy atom. The molecule has 1 unspecified atom stereocenters. The number of carboxylic acid groups (broad SMARTS) is 1. The number of carboxylic acids is 1. The van der Waals surface area contributed by atoms with E-state index in [2.05, 4.69) is 22.9 Å². The smallest absolute Gasteiger partial charge is 0.303 e. The van der Waals surface area contributed by atoms with Gasteiger partial charge in [0.1, 0.15) is 0 Å². The Kier molecular flexibility index (Phi) is 3.63. The summed E-state index contributed by atoms with van der Waals surface area (Å²) in [5, 5.41) is 9.18. The second-order valence-corrected chi connectivity index (χ2v) is 6.18. The minimum absolute atomic E-state index is 0.0771. The first-order valence-electron chi connectivity index (χ1n) is 6.94. The van der Waals surface area contributed by atoms with Crippen molar-refractivity contribution in [3.8, 4) is 11.5 Å². The molecule has 5 heteroatoms. The van der Waals surface area contributed by atoms with Gasteiger partial charge in [0.15, 0.2) is 11.5 Å². The van der Waals surface area contributed by atoms with Gasteiger partial charge in [0.2, 0.25) is 6.79 Å². The van der Waals surface area contributed by atoms with Crippen molar-refractivity contribution in [2.75, 3.05) is 6.79 Å². The molecule has 0 radical (unpaired) electrons. The van der Waals surface area contributed by atoms with Gasteiger partial charge in [-0.3, -0.25) is 4.79 Å². The van der Waals surface area contributed by atoms with Crippen molar-refractivity contribution < 1.29 is 19.4 Å². The maximum atomic E-state index is 11.2. The van der Waals surface area contributed by atoms with Gasteiger partial charge in [0.25, 0.3) is 0 Å². The predicted molar refractivity (Wildman–Crippen MR) is 77.4 cm³/mol. The van der Waals surface area contributed by atoms with E-state index in [4.69, 9.17) is 9.47 Å². The number of carbonyl (C=O) groups is 1. The van der Waals surface area contributed by atoms with Crippen molar-refractivity contribution in [2.24, 2.45) is 5.92 Å². The van der Waals surface area contributed by atoms with Crippen LogP contribution in [0.3, 0.4) is 0 Å². The van der Waals surface area contributed by atoms with Gasteiger partial charge in [-0.1, -0.05) is 6.92 Å². The number of rotatable bonds is 5. The van der Waals surface area contributed by atoms with E-state index in [9.17, 15) is 9.90 Å². The molecule has 3 rings (SSSR count). The van der Waals surface area contributed by atoms with Crippen molar-refractivity contribution in [1.82, 2.24) is 0 Å². The summed E-state index contributed by atoms with van der Waals surface area (Å²) in [6, 6.07) is 1.98. The molecule has 1 aromatic rings. The zero-order valence-corrected chi connectivity index (χ0v) is 12.9. The molecule has 0 spiro atoms. The minimum atomic E-state index is -0.738. The zero-order chi connectivity index (χ0) is 14.3. The summed E-state index contributed by atoms with van der Waals surface area (Å²) in [7, 11) is 0. The summed E-state index contributed by atoms with van der Waals surface area (Å²) in [4.78, 5) is 11.2. The largest absolute Gasteiger partial charge is 0.481 e. The Hall–Kier alpha value is -1.23. The number of hydrogen-bond donors (Lipinski definition) is 1. The lowest BCUT2D eigenvalue weighted by molar-refractivity contribution is -0.137. The van der Waals surface area contributed by atoms with Gasteiger partial charge in [-0.25, -0.2) is 0 Å². The third-order valence-electron chi connectivity index (χ3n) is 4.08. The lowest BCUT2D eigenvalue weighted by atomic mass is 9.86. The van der Waals surface area contributed by atoms with Gasteiger partial charge in [-0.05, 0) is 64.2 Å². The fourth-order valence-corrected chi connectivity index (χ4v) is 3.79. The molecule has 0 bridgehead atoms. The maximum absolute atomic E-state index is 11.2. The summed E-state index contributed by atoms with van der Waals surface area (Å²) < 4.78 is 11.9. The molecule has 0 aromatic heterocycles. The number of hydrogen-bond acceptors (Lipinski definition) is 3. The Labute approximate surface area is 126 Å². The van der Waals surface area contributed by atoms with Crippen LogP contribution in [-0.2, 0) is 11.2 Å². The summed E-state index contributed by atoms with van der Waals surface area (Å²) in [6.45, 7) is 2.31. The van der Waals surface area contributed by atoms with Crippen LogP contribution in [0.5, 0.6) is 11.5 Å². The van der Waals surface area contributed by atoms with Crippen LogP contribution in [0.25, 0.3) is 0 Å². The lowest BCUT2D eigenvalue weighted by Gasteiger charge is -2.20. The van der Waals surface area contributed by atoms with E-state index in [0.717, 1.165) is 46.4 Å². The highest BCUT2D eigenvalue weighted by Crippen LogP contribution is 2.50. The van der Waals surface area contributed by atoms with Crippen molar-refractivity contribution in [2.45, 2.75) is 38.5 Å². The highest BCUT2D eigenvalue weighted by molar-refractivity contribution is 9.10. The van der Waals surface area contributed by atoms with Crippen LogP contribution in [0, 0.1) is 5.92 Å². The van der Waals surface area contributed by atoms with Gasteiger partial charge in [0.05, 0.1) is 10.9 Å². The quantitative estimate of drug-likeness (QED) is 0.887. The van der Waals surface area contributed by atoms with Crippen LogP contribution >= 0.6 is 15.9 Å². The van der Waals surface area contributed by atoms with Gasteiger partial charge >= 0.3 is 5.97 Å². The summed E-state index contributed by atoms with van der Waals surface area (Å²) in [6.07, 6.45) is 3.26. The van der Waals surface area contributed by atoms with E-state index in [1.165, 1.54) is 0 Å². The van der Waals surface area contributed by atoms with E-state index in [-0.39, 0.29) is 19.1 Å². The molecule has 1 saturated carbocycles. The average Bonchev–Trinajstić information content (AvgIpc) is 3.13. The number of ether oxygens (including phenoxy) is 2. The van der Waals surface area contributed by atoms with E-state index < -0.39 is 5.97 Å². The zero-order valence-electron chi connectivity index (χ0n) is 11.3. The van der Waals surface area contributed by atoms with Crippen molar-refractivity contribution in [1.29, 1.82) is 0 Å². The van der Waals surface area contributed by atoms with Crippen molar-refractivity contribution >= 4 is 21.9 Å². The molecule has 0 amide bonds. The van der Waals surface area contributed by atoms with E-state index in [0.29, 0.717) is 5.92 Å². The summed E-state index contributed by atoms with van der Waals surface area (Å²) in [5.41, 5.74) is 2.25. The van der Waals surface area contributed by atoms with Crippen LogP contribution < -0.4 is 9.47 Å². The highest BCUT2D eigenvalue weighted by Gasteiger charge is 2.36. The second kappa shape index (κ2) is 5.28. The Morgan fingerprint density at radius 3 is 2.85 bits per heavy atom. The number of benzene rings is 1. The Morgan fingerprint density at radius 2 is 2.25 bits per heavy atom. The molecule has 1 fully saturated rings. The number of halogens is 1. The molecule has 2 aliphatic rings. The molecule has 108 valence electrons. The van der Waals surface area contributed by atoms with Crippen LogP contribution in [0.1, 0.15) is 43.2 Å². The number of fused-ring (bicyclic) bond motifs is 1. The molecule has 1 atom stereocenters. The van der Waals surface area contributed by atoms with Gasteiger partial charge in [-0.2, -0.15) is 0 Å². The van der Waals surface area contributed by atoms with Gasteiger partial charge < -0.3 is 14.6 Å². The van der Waals surface area contributed by atoms with Gasteiger partial charge in [0, 0.05) is 0 Å². The monoisotopic (exact) mass is 340 g/mol. The minimum Gasteiger partial charge on any atom is -0.481 e. The fraction of sp³-hybridized carbons (Fsp3) is 0.533. The summed E-state index contributed by atoms with van der Waals surface area (Å²) in [5.74, 6) is 1.30. The standard InChI is InChI=1S/C15H17BrO4/c1-2-9-11(10(6-13(17)18)8-3-4-8)5-12-15(14(9)16)20-7-19-12/h5,8,10H,2-4,6-7H2,1H3,(H,17,18). The molecule has 0 saturated heterocycles. The molecule has 20 heavy (non-hydrogen) atoms. The van der Waals surface area contributed by atoms with Crippen LogP contribution in [-0.4, -0.2) is 17.9 Å². The fourth-order valence-electron chi connectivity index (χ4n) is 2.97. The molecule has 4 nitrogen and oxygen atoms in total. The third kappa shape index (κ3) is 2.39. The van der Waals surface area contributed by atoms with Crippen LogP contribution in [0.4, 0.5) is 0 Å². The Bertz CT molecular complexity index is 551. The van der Waals surface area contributed by atoms with Crippen molar-refractivity contribution in [3.05, 3.63) is 21.7 Å². The normalized spacial score (nSPS) is 18.1. The molecule has 1 N–H and O–H groups in total. The van der Waals surface area contributed by atoms with Crippen molar-refractivity contribution in [3.63, 3.8) is 0 Å². The SMILES string of the molecule is CCc1c(C(CC(=O)O)C2CC2)cc2c(c1Br)OCO2. The topological polar surface area (TPSA) is 55.8 Å². The highest BCUT2D eigenvalue weighted by atomic mass is 79.9. The van der Waals surface area contributed by atoms with E-state index >= 15 is 0 Å². The third-order valence-corrected chi connectivity index (χ3v) is 4.92. The molecular formula is C15H17BrO4. The molecule has 1 aliphatic carbocycles. The first-order chi connectivity index (χ1) is 9.61. The maximum Gasteiger partial charge on any atom is 0.303 e. The predicted octanol–water partition coefficient (Wildman–Crippen LogP) is 3.71. The van der Waals surface area contributed by atoms with E-state index in [1.807, 2.05) is 6.07 Å². The van der Waals surface area contributed by atoms with Crippen LogP contribution in [0.2, 0.25) is 0 Å². The van der Waals surface area contributed by atoms with E-state index in [1.54, 1.807) is 0 Å². The first-order valence-corrected chi connectivity index (χ1v) is 7.73. The second-order valence-electron chi connectivity index (χ2n) is 5.39. The first kappa shape index (κ1) is 13.7. The Balaban J connectivity index is 2.06. The lowest BCUT2D eigenvalue weighted by Crippen LogP contribution is -2.11. The number of aliphatic carboxylic acids is 1. The molecular weight excluding hydrogens is 324 g/mol. The van der Waals surface area contributed by atoms with Crippen LogP contribution in [0.15, 0.2) is 10.5 Å². The average molecular weight is 341 g/mol.